The summed E-state index contributed by atoms with van der Waals surface area (Å²) in [5, 5.41) is 7.05. The van der Waals surface area contributed by atoms with E-state index in [0.717, 1.165) is 12.8 Å². The molecule has 0 radical (unpaired) electrons. The molecular weight excluding hydrogens is 553 g/mol. The second-order valence-corrected chi connectivity index (χ2v) is 9.98. The Labute approximate surface area is 243 Å². The van der Waals surface area contributed by atoms with Crippen molar-refractivity contribution in [2.75, 3.05) is 70.9 Å². The molecule has 0 saturated carbocycles. The van der Waals surface area contributed by atoms with Crippen molar-refractivity contribution in [1.82, 2.24) is 14.9 Å². The van der Waals surface area contributed by atoms with Gasteiger partial charge in [0.05, 0.1) is 35.5 Å². The lowest BCUT2D eigenvalue weighted by molar-refractivity contribution is 0.0682. The van der Waals surface area contributed by atoms with Gasteiger partial charge in [-0.2, -0.15) is 0 Å². The molecule has 1 atom stereocenters. The number of benzene rings is 2. The predicted octanol–water partition coefficient (Wildman–Crippen LogP) is 4.84. The van der Waals surface area contributed by atoms with E-state index in [1.165, 1.54) is 18.5 Å². The first kappa shape index (κ1) is 30.6. The SMILES string of the molecule is COCCN(CCOC)CCC(=C=O)Nc1cc2c(Nc3ccc(F)c(Cl)c3)ncnc2cc1OCC1CCCO1. The Hall–Kier alpha value is -3.31. The normalized spacial score (nSPS) is 14.8. The summed E-state index contributed by atoms with van der Waals surface area (Å²) in [6.45, 7) is 4.23. The van der Waals surface area contributed by atoms with Crippen LogP contribution in [0.3, 0.4) is 0 Å². The van der Waals surface area contributed by atoms with Crippen molar-refractivity contribution < 1.29 is 28.1 Å². The molecule has 41 heavy (non-hydrogen) atoms. The molecule has 220 valence electrons. The lowest BCUT2D eigenvalue weighted by Gasteiger charge is -2.22. The minimum Gasteiger partial charge on any atom is -0.489 e. The van der Waals surface area contributed by atoms with E-state index in [-0.39, 0.29) is 11.1 Å². The fraction of sp³-hybridized carbons (Fsp3) is 0.448. The molecule has 0 aliphatic carbocycles. The number of carbonyl (C=O) groups excluding carboxylic acids is 1. The predicted molar refractivity (Wildman–Crippen MR) is 156 cm³/mol. The Morgan fingerprint density at radius 3 is 2.66 bits per heavy atom. The summed E-state index contributed by atoms with van der Waals surface area (Å²) in [5.74, 6) is 2.53. The van der Waals surface area contributed by atoms with E-state index in [4.69, 9.17) is 30.5 Å². The number of nitrogens with one attached hydrogen (secondary N) is 2. The van der Waals surface area contributed by atoms with Gasteiger partial charge in [0.2, 0.25) is 0 Å². The second kappa shape index (κ2) is 15.6. The molecule has 1 aromatic heterocycles. The van der Waals surface area contributed by atoms with E-state index >= 15 is 0 Å². The first-order valence-electron chi connectivity index (χ1n) is 13.5. The van der Waals surface area contributed by atoms with Gasteiger partial charge in [-0.3, -0.25) is 4.90 Å². The molecule has 10 nitrogen and oxygen atoms in total. The fourth-order valence-corrected chi connectivity index (χ4v) is 4.60. The molecule has 1 saturated heterocycles. The van der Waals surface area contributed by atoms with E-state index in [1.807, 2.05) is 12.0 Å². The van der Waals surface area contributed by atoms with Crippen molar-refractivity contribution in [2.24, 2.45) is 0 Å². The number of fused-ring (bicyclic) bond motifs is 1. The Balaban J connectivity index is 1.60. The highest BCUT2D eigenvalue weighted by atomic mass is 35.5. The summed E-state index contributed by atoms with van der Waals surface area (Å²) >= 11 is 5.97. The first-order chi connectivity index (χ1) is 20.0. The van der Waals surface area contributed by atoms with Gasteiger partial charge < -0.3 is 29.6 Å². The molecule has 2 N–H and O–H groups in total. The number of ether oxygens (including phenoxy) is 4. The van der Waals surface area contributed by atoms with Crippen LogP contribution in [0.2, 0.25) is 5.02 Å². The summed E-state index contributed by atoms with van der Waals surface area (Å²) in [6.07, 6.45) is 3.77. The maximum absolute atomic E-state index is 13.7. The molecule has 2 aromatic carbocycles. The Bertz CT molecular complexity index is 1340. The van der Waals surface area contributed by atoms with E-state index in [2.05, 4.69) is 25.5 Å². The topological polar surface area (TPSA) is 107 Å². The van der Waals surface area contributed by atoms with Crippen molar-refractivity contribution in [2.45, 2.75) is 25.4 Å². The fourth-order valence-electron chi connectivity index (χ4n) is 4.42. The molecule has 1 aliphatic rings. The Morgan fingerprint density at radius 2 is 1.98 bits per heavy atom. The van der Waals surface area contributed by atoms with Gasteiger partial charge in [0.15, 0.2) is 0 Å². The molecular formula is C29H35ClFN5O5. The van der Waals surface area contributed by atoms with Crippen molar-refractivity contribution >= 4 is 45.6 Å². The zero-order valence-corrected chi connectivity index (χ0v) is 24.0. The lowest BCUT2D eigenvalue weighted by atomic mass is 10.1. The van der Waals surface area contributed by atoms with Crippen LogP contribution in [0.5, 0.6) is 5.75 Å². The third-order valence-electron chi connectivity index (χ3n) is 6.68. The highest BCUT2D eigenvalue weighted by Gasteiger charge is 2.19. The molecule has 2 heterocycles. The molecule has 1 fully saturated rings. The summed E-state index contributed by atoms with van der Waals surface area (Å²) in [7, 11) is 3.31. The molecule has 12 heteroatoms. The maximum Gasteiger partial charge on any atom is 0.145 e. The third-order valence-corrected chi connectivity index (χ3v) is 6.97. The van der Waals surface area contributed by atoms with Crippen LogP contribution in [0.25, 0.3) is 10.9 Å². The monoisotopic (exact) mass is 587 g/mol. The molecule has 1 unspecified atom stereocenters. The number of hydrogen-bond donors (Lipinski definition) is 2. The second-order valence-electron chi connectivity index (χ2n) is 9.57. The molecule has 3 aromatic rings. The van der Waals surface area contributed by atoms with Gasteiger partial charge in [0.1, 0.15) is 42.0 Å². The summed E-state index contributed by atoms with van der Waals surface area (Å²) in [4.78, 5) is 23.0. The minimum atomic E-state index is -0.513. The van der Waals surface area contributed by atoms with Crippen LogP contribution in [0.15, 0.2) is 42.4 Å². The van der Waals surface area contributed by atoms with E-state index in [0.29, 0.717) is 92.0 Å². The van der Waals surface area contributed by atoms with Crippen LogP contribution in [0.1, 0.15) is 19.3 Å². The summed E-state index contributed by atoms with van der Waals surface area (Å²) in [6, 6.07) is 7.94. The van der Waals surface area contributed by atoms with Gasteiger partial charge in [-0.25, -0.2) is 19.2 Å². The molecule has 0 bridgehead atoms. The van der Waals surface area contributed by atoms with Crippen molar-refractivity contribution in [1.29, 1.82) is 0 Å². The number of nitrogens with zero attached hydrogens (tertiary/aromatic N) is 3. The van der Waals surface area contributed by atoms with Gasteiger partial charge >= 0.3 is 0 Å². The zero-order valence-electron chi connectivity index (χ0n) is 23.3. The van der Waals surface area contributed by atoms with Gasteiger partial charge in [-0.15, -0.1) is 0 Å². The summed E-state index contributed by atoms with van der Waals surface area (Å²) < 4.78 is 36.0. The first-order valence-corrected chi connectivity index (χ1v) is 13.8. The molecule has 4 rings (SSSR count). The molecule has 0 spiro atoms. The van der Waals surface area contributed by atoms with E-state index in [1.54, 1.807) is 26.4 Å². The Kier molecular flexibility index (Phi) is 11.7. The number of hydrogen-bond acceptors (Lipinski definition) is 10. The van der Waals surface area contributed by atoms with Crippen LogP contribution >= 0.6 is 11.6 Å². The van der Waals surface area contributed by atoms with Crippen molar-refractivity contribution in [3.8, 4) is 5.75 Å². The molecule has 0 amide bonds. The van der Waals surface area contributed by atoms with Crippen LogP contribution in [0.4, 0.5) is 21.6 Å². The maximum atomic E-state index is 13.7. The average Bonchev–Trinajstić information content (AvgIpc) is 3.51. The van der Waals surface area contributed by atoms with E-state index < -0.39 is 5.82 Å². The minimum absolute atomic E-state index is 0.000564. The van der Waals surface area contributed by atoms with Crippen LogP contribution in [-0.4, -0.2) is 87.2 Å². The highest BCUT2D eigenvalue weighted by Crippen LogP contribution is 2.35. The quantitative estimate of drug-likeness (QED) is 0.226. The molecule has 1 aliphatic heterocycles. The standard InChI is InChI=1S/C29H35ClFN5O5/c1-38-12-9-36(10-13-39-2)8-7-21(17-37)34-27-15-23-26(16-28(27)41-18-22-4-3-11-40-22)32-19-33-29(23)35-20-5-6-25(31)24(30)14-20/h5-6,14-16,19,22,34H,3-4,7-13,18H2,1-2H3,(H,32,33,35). The largest absolute Gasteiger partial charge is 0.489 e. The van der Waals surface area contributed by atoms with E-state index in [9.17, 15) is 9.18 Å². The average molecular weight is 588 g/mol. The van der Waals surface area contributed by atoms with Gasteiger partial charge in [0.25, 0.3) is 0 Å². The van der Waals surface area contributed by atoms with Crippen LogP contribution in [-0.2, 0) is 19.0 Å². The number of methoxy groups -OCH3 is 2. The van der Waals surface area contributed by atoms with Crippen molar-refractivity contribution in [3.05, 3.63) is 53.2 Å². The van der Waals surface area contributed by atoms with Gasteiger partial charge in [-0.1, -0.05) is 11.6 Å². The van der Waals surface area contributed by atoms with Gasteiger partial charge in [0, 0.05) is 64.0 Å². The lowest BCUT2D eigenvalue weighted by Crippen LogP contribution is -2.32. The zero-order chi connectivity index (χ0) is 29.0. The third kappa shape index (κ3) is 8.84. The Morgan fingerprint density at radius 1 is 1.17 bits per heavy atom. The smallest absolute Gasteiger partial charge is 0.145 e. The van der Waals surface area contributed by atoms with Crippen LogP contribution in [0, 0.1) is 5.82 Å². The summed E-state index contributed by atoms with van der Waals surface area (Å²) in [5.41, 5.74) is 2.10. The van der Waals surface area contributed by atoms with Gasteiger partial charge in [-0.05, 0) is 37.1 Å². The van der Waals surface area contributed by atoms with Crippen molar-refractivity contribution in [3.63, 3.8) is 0 Å². The number of anilines is 3. The highest BCUT2D eigenvalue weighted by molar-refractivity contribution is 6.31. The number of aromatic nitrogens is 2. The van der Waals surface area contributed by atoms with Crippen LogP contribution < -0.4 is 15.4 Å². The number of rotatable bonds is 16. The number of halogens is 2.